The molecular weight excluding hydrogens is 290 g/mol. The van der Waals surface area contributed by atoms with Crippen LogP contribution in [0.15, 0.2) is 36.5 Å². The Balaban J connectivity index is 1.97. The molecule has 1 unspecified atom stereocenters. The van der Waals surface area contributed by atoms with Gasteiger partial charge < -0.3 is 9.84 Å². The van der Waals surface area contributed by atoms with E-state index in [0.29, 0.717) is 5.56 Å². The van der Waals surface area contributed by atoms with Crippen molar-refractivity contribution in [3.05, 3.63) is 42.1 Å². The molecule has 7 heteroatoms. The molecular formula is C14H13F4NO2. The van der Waals surface area contributed by atoms with E-state index in [4.69, 9.17) is 0 Å². The summed E-state index contributed by atoms with van der Waals surface area (Å²) < 4.78 is 53.6. The van der Waals surface area contributed by atoms with Gasteiger partial charge in [-0.25, -0.2) is 8.78 Å². The molecule has 0 amide bonds. The van der Waals surface area contributed by atoms with Crippen LogP contribution in [0.1, 0.15) is 11.7 Å². The number of aromatic nitrogens is 1. The lowest BCUT2D eigenvalue weighted by molar-refractivity contribution is -0.170. The fourth-order valence-electron chi connectivity index (χ4n) is 1.77. The van der Waals surface area contributed by atoms with Crippen LogP contribution in [0, 0.1) is 0 Å². The van der Waals surface area contributed by atoms with Gasteiger partial charge in [0, 0.05) is 11.6 Å². The Bertz CT molecular complexity index is 606. The number of benzene rings is 1. The quantitative estimate of drug-likeness (QED) is 0.833. The second-order valence-corrected chi connectivity index (χ2v) is 4.55. The number of hydrogen-bond acceptors (Lipinski definition) is 3. The predicted molar refractivity (Wildman–Crippen MR) is 68.5 cm³/mol. The van der Waals surface area contributed by atoms with Gasteiger partial charge in [0.25, 0.3) is 0 Å². The highest BCUT2D eigenvalue weighted by molar-refractivity contribution is 5.78. The molecule has 0 fully saturated rings. The first-order chi connectivity index (χ1) is 9.90. The minimum atomic E-state index is -4.22. The van der Waals surface area contributed by atoms with Gasteiger partial charge in [0.2, 0.25) is 0 Å². The van der Waals surface area contributed by atoms with Crippen molar-refractivity contribution in [1.29, 1.82) is 0 Å². The van der Waals surface area contributed by atoms with E-state index in [1.165, 1.54) is 0 Å². The molecule has 0 bridgehead atoms. The normalized spacial score (nSPS) is 13.8. The summed E-state index contributed by atoms with van der Waals surface area (Å²) in [5, 5.41) is 10.6. The van der Waals surface area contributed by atoms with Gasteiger partial charge in [-0.3, -0.25) is 4.98 Å². The molecule has 0 spiro atoms. The minimum Gasteiger partial charge on any atom is -0.386 e. The van der Waals surface area contributed by atoms with E-state index >= 15 is 0 Å². The van der Waals surface area contributed by atoms with E-state index in [0.717, 1.165) is 10.9 Å². The predicted octanol–water partition coefficient (Wildman–Crippen LogP) is 3.19. The van der Waals surface area contributed by atoms with Crippen LogP contribution in [-0.4, -0.2) is 35.7 Å². The Morgan fingerprint density at radius 2 is 2.00 bits per heavy atom. The van der Waals surface area contributed by atoms with Gasteiger partial charge >= 0.3 is 12.3 Å². The van der Waals surface area contributed by atoms with Crippen molar-refractivity contribution in [3.8, 4) is 0 Å². The Morgan fingerprint density at radius 1 is 1.24 bits per heavy atom. The fourth-order valence-corrected chi connectivity index (χ4v) is 1.77. The molecule has 114 valence electrons. The topological polar surface area (TPSA) is 42.4 Å². The lowest BCUT2D eigenvalue weighted by Crippen LogP contribution is -2.33. The van der Waals surface area contributed by atoms with E-state index in [-0.39, 0.29) is 0 Å². The Labute approximate surface area is 118 Å². The lowest BCUT2D eigenvalue weighted by atomic mass is 10.1. The molecule has 21 heavy (non-hydrogen) atoms. The van der Waals surface area contributed by atoms with Crippen LogP contribution >= 0.6 is 0 Å². The number of rotatable bonds is 6. The average Bonchev–Trinajstić information content (AvgIpc) is 2.46. The van der Waals surface area contributed by atoms with E-state index in [2.05, 4.69) is 9.72 Å². The molecule has 1 aromatic carbocycles. The van der Waals surface area contributed by atoms with Crippen LogP contribution in [0.3, 0.4) is 0 Å². The second-order valence-electron chi connectivity index (χ2n) is 4.55. The largest absolute Gasteiger partial charge is 0.386 e. The zero-order chi connectivity index (χ0) is 15.5. The number of ether oxygens (including phenoxy) is 1. The molecule has 0 aliphatic carbocycles. The number of halogens is 4. The maximum Gasteiger partial charge on any atom is 0.330 e. The molecule has 1 N–H and O–H groups in total. The first-order valence-corrected chi connectivity index (χ1v) is 6.16. The van der Waals surface area contributed by atoms with Gasteiger partial charge in [0.05, 0.1) is 12.1 Å². The van der Waals surface area contributed by atoms with Crippen LogP contribution in [0.5, 0.6) is 0 Å². The smallest absolute Gasteiger partial charge is 0.330 e. The summed E-state index contributed by atoms with van der Waals surface area (Å²) in [4.78, 5) is 4.10. The van der Waals surface area contributed by atoms with Gasteiger partial charge in [-0.05, 0) is 23.8 Å². The summed E-state index contributed by atoms with van der Waals surface area (Å²) in [6.07, 6.45) is -3.35. The zero-order valence-corrected chi connectivity index (χ0v) is 10.8. The van der Waals surface area contributed by atoms with Crippen molar-refractivity contribution in [2.24, 2.45) is 0 Å². The third-order valence-electron chi connectivity index (χ3n) is 2.90. The first kappa shape index (κ1) is 15.7. The van der Waals surface area contributed by atoms with Crippen molar-refractivity contribution in [3.63, 3.8) is 0 Å². The highest BCUT2D eigenvalue weighted by Crippen LogP contribution is 2.24. The van der Waals surface area contributed by atoms with Crippen molar-refractivity contribution in [2.45, 2.75) is 18.5 Å². The van der Waals surface area contributed by atoms with Gasteiger partial charge in [-0.1, -0.05) is 12.1 Å². The maximum absolute atomic E-state index is 12.6. The molecule has 0 saturated carbocycles. The summed E-state index contributed by atoms with van der Waals surface area (Å²) in [6.45, 7) is -1.93. The van der Waals surface area contributed by atoms with E-state index in [9.17, 15) is 22.7 Å². The molecule has 0 aliphatic heterocycles. The summed E-state index contributed by atoms with van der Waals surface area (Å²) in [5.74, 6) is -4.22. The average molecular weight is 303 g/mol. The SMILES string of the molecule is OC(COCC(F)(F)C(F)F)c1ccc2ncccc2c1. The lowest BCUT2D eigenvalue weighted by Gasteiger charge is -2.17. The molecule has 1 aromatic heterocycles. The number of aliphatic hydroxyl groups is 1. The Morgan fingerprint density at radius 3 is 2.71 bits per heavy atom. The molecule has 3 nitrogen and oxygen atoms in total. The van der Waals surface area contributed by atoms with E-state index < -0.39 is 31.7 Å². The molecule has 2 aromatic rings. The van der Waals surface area contributed by atoms with Gasteiger partial charge in [-0.15, -0.1) is 0 Å². The minimum absolute atomic E-state index is 0.441. The summed E-state index contributed by atoms with van der Waals surface area (Å²) in [6, 6.07) is 8.39. The van der Waals surface area contributed by atoms with E-state index in [1.807, 2.05) is 0 Å². The number of alkyl halides is 4. The summed E-state index contributed by atoms with van der Waals surface area (Å²) in [5.41, 5.74) is 1.16. The monoisotopic (exact) mass is 303 g/mol. The zero-order valence-electron chi connectivity index (χ0n) is 10.8. The molecule has 1 heterocycles. The number of pyridine rings is 1. The van der Waals surface area contributed by atoms with Crippen molar-refractivity contribution in [2.75, 3.05) is 13.2 Å². The summed E-state index contributed by atoms with van der Waals surface area (Å²) in [7, 11) is 0. The Hall–Kier alpha value is -1.73. The van der Waals surface area contributed by atoms with Crippen molar-refractivity contribution < 1.29 is 27.4 Å². The van der Waals surface area contributed by atoms with Crippen LogP contribution in [-0.2, 0) is 4.74 Å². The summed E-state index contributed by atoms with van der Waals surface area (Å²) >= 11 is 0. The van der Waals surface area contributed by atoms with Crippen molar-refractivity contribution >= 4 is 10.9 Å². The number of aliphatic hydroxyl groups excluding tert-OH is 1. The standard InChI is InChI=1S/C14H13F4NO2/c15-13(16)14(17,18)8-21-7-12(20)10-3-4-11-9(6-10)2-1-5-19-11/h1-6,12-13,20H,7-8H2. The highest BCUT2D eigenvalue weighted by Gasteiger charge is 2.41. The van der Waals surface area contributed by atoms with Crippen molar-refractivity contribution in [1.82, 2.24) is 4.98 Å². The third kappa shape index (κ3) is 3.89. The van der Waals surface area contributed by atoms with Crippen LogP contribution in [0.4, 0.5) is 17.6 Å². The van der Waals surface area contributed by atoms with E-state index in [1.54, 1.807) is 36.5 Å². The number of nitrogens with zero attached hydrogens (tertiary/aromatic N) is 1. The molecule has 0 radical (unpaired) electrons. The molecule has 0 saturated heterocycles. The van der Waals surface area contributed by atoms with Crippen LogP contribution in [0.2, 0.25) is 0 Å². The number of hydrogen-bond donors (Lipinski definition) is 1. The molecule has 2 rings (SSSR count). The fraction of sp³-hybridized carbons (Fsp3) is 0.357. The number of fused-ring (bicyclic) bond motifs is 1. The van der Waals surface area contributed by atoms with Gasteiger partial charge in [-0.2, -0.15) is 8.78 Å². The second kappa shape index (κ2) is 6.36. The van der Waals surface area contributed by atoms with Crippen LogP contribution in [0.25, 0.3) is 10.9 Å². The molecule has 1 atom stereocenters. The Kier molecular flexibility index (Phi) is 4.74. The maximum atomic E-state index is 12.6. The van der Waals surface area contributed by atoms with Gasteiger partial charge in [0.1, 0.15) is 12.7 Å². The van der Waals surface area contributed by atoms with Crippen LogP contribution < -0.4 is 0 Å². The molecule has 0 aliphatic rings. The van der Waals surface area contributed by atoms with Gasteiger partial charge in [0.15, 0.2) is 0 Å². The highest BCUT2D eigenvalue weighted by atomic mass is 19.3. The first-order valence-electron chi connectivity index (χ1n) is 6.16. The third-order valence-corrected chi connectivity index (χ3v) is 2.90.